The van der Waals surface area contributed by atoms with Gasteiger partial charge in [-0.2, -0.15) is 5.26 Å². The molecule has 0 atom stereocenters. The quantitative estimate of drug-likeness (QED) is 0.381. The van der Waals surface area contributed by atoms with Gasteiger partial charge in [0, 0.05) is 6.04 Å². The molecular formula is C12H14N4O2S2. The monoisotopic (exact) mass is 310 g/mol. The summed E-state index contributed by atoms with van der Waals surface area (Å²) in [5.74, 6) is 0. The smallest absolute Gasteiger partial charge is 0.240 e. The maximum absolute atomic E-state index is 12.0. The Balaban J connectivity index is 2.15. The molecule has 8 heteroatoms. The molecule has 0 bridgehead atoms. The van der Waals surface area contributed by atoms with Crippen molar-refractivity contribution < 1.29 is 8.42 Å². The fraction of sp³-hybridized carbons (Fsp3) is 0.333. The highest BCUT2D eigenvalue weighted by Crippen LogP contribution is 2.23. The lowest BCUT2D eigenvalue weighted by atomic mass is 10.3. The van der Waals surface area contributed by atoms with Crippen LogP contribution in [0.4, 0.5) is 5.69 Å². The Morgan fingerprint density at radius 1 is 1.40 bits per heavy atom. The van der Waals surface area contributed by atoms with Crippen LogP contribution < -0.4 is 10.0 Å². The number of sulfonamides is 1. The molecular weight excluding hydrogens is 296 g/mol. The number of nitriles is 1. The average Bonchev–Trinajstić information content (AvgIpc) is 3.22. The minimum absolute atomic E-state index is 0.0839. The van der Waals surface area contributed by atoms with E-state index in [2.05, 4.69) is 15.0 Å². The van der Waals surface area contributed by atoms with E-state index in [1.54, 1.807) is 24.6 Å². The third-order valence-electron chi connectivity index (χ3n) is 2.63. The fourth-order valence-corrected chi connectivity index (χ4v) is 3.13. The highest BCUT2D eigenvalue weighted by Gasteiger charge is 2.27. The van der Waals surface area contributed by atoms with E-state index in [9.17, 15) is 8.42 Å². The van der Waals surface area contributed by atoms with Gasteiger partial charge in [-0.1, -0.05) is 11.8 Å². The van der Waals surface area contributed by atoms with Crippen LogP contribution >= 0.6 is 11.8 Å². The first-order chi connectivity index (χ1) is 9.55. The van der Waals surface area contributed by atoms with Crippen LogP contribution in [-0.4, -0.2) is 25.9 Å². The molecule has 0 unspecified atom stereocenters. The maximum Gasteiger partial charge on any atom is 0.240 e. The van der Waals surface area contributed by atoms with Gasteiger partial charge in [0.2, 0.25) is 10.0 Å². The molecule has 0 aliphatic heterocycles. The minimum atomic E-state index is -3.43. The molecule has 0 saturated heterocycles. The molecule has 1 aliphatic carbocycles. The van der Waals surface area contributed by atoms with Crippen molar-refractivity contribution in [3.05, 3.63) is 24.3 Å². The second-order valence-corrected chi connectivity index (χ2v) is 6.76. The highest BCUT2D eigenvalue weighted by atomic mass is 32.2. The Bertz CT molecular complexity index is 643. The van der Waals surface area contributed by atoms with Crippen LogP contribution in [0.15, 0.2) is 34.2 Å². The predicted octanol–water partition coefficient (Wildman–Crippen LogP) is 1.55. The van der Waals surface area contributed by atoms with Crippen LogP contribution in [-0.2, 0) is 10.0 Å². The number of hydrogen-bond acceptors (Lipinski definition) is 5. The predicted molar refractivity (Wildman–Crippen MR) is 79.1 cm³/mol. The summed E-state index contributed by atoms with van der Waals surface area (Å²) in [6, 6.07) is 6.32. The van der Waals surface area contributed by atoms with Gasteiger partial charge in [-0.05, 0) is 43.4 Å². The van der Waals surface area contributed by atoms with E-state index < -0.39 is 10.0 Å². The highest BCUT2D eigenvalue weighted by molar-refractivity contribution is 8.13. The first-order valence-electron chi connectivity index (χ1n) is 5.95. The molecule has 1 aromatic carbocycles. The zero-order valence-corrected chi connectivity index (χ0v) is 12.5. The van der Waals surface area contributed by atoms with Gasteiger partial charge in [0.1, 0.15) is 0 Å². The van der Waals surface area contributed by atoms with Gasteiger partial charge in [-0.15, -0.1) is 0 Å². The lowest BCUT2D eigenvalue weighted by Crippen LogP contribution is -2.25. The minimum Gasteiger partial charge on any atom is -0.271 e. The zero-order valence-electron chi connectivity index (χ0n) is 10.8. The Kier molecular flexibility index (Phi) is 4.65. The van der Waals surface area contributed by atoms with Gasteiger partial charge in [0.25, 0.3) is 0 Å². The lowest BCUT2D eigenvalue weighted by molar-refractivity contribution is 0.581. The van der Waals surface area contributed by atoms with E-state index in [0.717, 1.165) is 12.8 Å². The van der Waals surface area contributed by atoms with Crippen molar-refractivity contribution >= 4 is 32.6 Å². The number of aliphatic imine (C=N–C) groups is 1. The van der Waals surface area contributed by atoms with Gasteiger partial charge >= 0.3 is 0 Å². The van der Waals surface area contributed by atoms with Crippen molar-refractivity contribution in [3.8, 4) is 6.19 Å². The molecule has 0 spiro atoms. The second kappa shape index (κ2) is 6.26. The standard InChI is InChI=1S/C12H14N4O2S2/c1-19-12(14-8-13)15-9-4-6-11(7-5-9)20(17,18)16-10-2-3-10/h4-7,10,16H,2-3H2,1H3,(H,14,15). The van der Waals surface area contributed by atoms with Crippen LogP contribution in [0.2, 0.25) is 0 Å². The van der Waals surface area contributed by atoms with Crippen molar-refractivity contribution in [2.24, 2.45) is 4.99 Å². The summed E-state index contributed by atoms with van der Waals surface area (Å²) in [7, 11) is -3.43. The summed E-state index contributed by atoms with van der Waals surface area (Å²) in [6.07, 6.45) is 5.39. The molecule has 106 valence electrons. The van der Waals surface area contributed by atoms with E-state index >= 15 is 0 Å². The molecule has 1 aromatic rings. The summed E-state index contributed by atoms with van der Waals surface area (Å²) >= 11 is 1.30. The third-order valence-corrected chi connectivity index (χ3v) is 4.75. The summed E-state index contributed by atoms with van der Waals surface area (Å²) < 4.78 is 26.6. The van der Waals surface area contributed by atoms with Crippen molar-refractivity contribution in [2.75, 3.05) is 6.26 Å². The molecule has 1 saturated carbocycles. The molecule has 2 N–H and O–H groups in total. The Morgan fingerprint density at radius 3 is 2.55 bits per heavy atom. The van der Waals surface area contributed by atoms with E-state index in [4.69, 9.17) is 5.26 Å². The molecule has 2 rings (SSSR count). The van der Waals surface area contributed by atoms with Crippen LogP contribution in [0, 0.1) is 11.5 Å². The van der Waals surface area contributed by atoms with Crippen LogP contribution in [0.5, 0.6) is 0 Å². The van der Waals surface area contributed by atoms with Gasteiger partial charge in [0.15, 0.2) is 11.4 Å². The van der Waals surface area contributed by atoms with Gasteiger partial charge in [0.05, 0.1) is 10.6 Å². The van der Waals surface area contributed by atoms with Crippen molar-refractivity contribution in [2.45, 2.75) is 23.8 Å². The number of hydrogen-bond donors (Lipinski definition) is 2. The molecule has 0 radical (unpaired) electrons. The third kappa shape index (κ3) is 3.96. The molecule has 6 nitrogen and oxygen atoms in total. The van der Waals surface area contributed by atoms with Gasteiger partial charge in [-0.3, -0.25) is 5.32 Å². The summed E-state index contributed by atoms with van der Waals surface area (Å²) in [6.45, 7) is 0. The normalized spacial score (nSPS) is 15.7. The zero-order chi connectivity index (χ0) is 14.6. The molecule has 0 heterocycles. The topological polar surface area (TPSA) is 94.3 Å². The Morgan fingerprint density at radius 2 is 2.05 bits per heavy atom. The number of thioether (sulfide) groups is 1. The van der Waals surface area contributed by atoms with Gasteiger partial charge < -0.3 is 0 Å². The summed E-state index contributed by atoms with van der Waals surface area (Å²) in [5.41, 5.74) is 0.586. The molecule has 1 fully saturated rings. The van der Waals surface area contributed by atoms with Crippen LogP contribution in [0.3, 0.4) is 0 Å². The van der Waals surface area contributed by atoms with Gasteiger partial charge in [-0.25, -0.2) is 18.1 Å². The Labute approximate surface area is 122 Å². The molecule has 20 heavy (non-hydrogen) atoms. The molecule has 0 amide bonds. The number of rotatable bonds is 4. The molecule has 1 aliphatic rings. The van der Waals surface area contributed by atoms with E-state index in [-0.39, 0.29) is 10.9 Å². The SMILES string of the molecule is CSC(=Nc1ccc(S(=O)(=O)NC2CC2)cc1)NC#N. The number of nitrogens with one attached hydrogen (secondary N) is 2. The largest absolute Gasteiger partial charge is 0.271 e. The van der Waals surface area contributed by atoms with Crippen molar-refractivity contribution in [1.82, 2.24) is 10.0 Å². The van der Waals surface area contributed by atoms with Crippen molar-refractivity contribution in [1.29, 1.82) is 5.26 Å². The summed E-state index contributed by atoms with van der Waals surface area (Å²) in [4.78, 5) is 4.42. The van der Waals surface area contributed by atoms with E-state index in [0.29, 0.717) is 10.9 Å². The number of nitrogens with zero attached hydrogens (tertiary/aromatic N) is 2. The van der Waals surface area contributed by atoms with Crippen LogP contribution in [0.25, 0.3) is 0 Å². The summed E-state index contributed by atoms with van der Waals surface area (Å²) in [5, 5.41) is 11.4. The lowest BCUT2D eigenvalue weighted by Gasteiger charge is -2.05. The van der Waals surface area contributed by atoms with Crippen molar-refractivity contribution in [3.63, 3.8) is 0 Å². The number of amidine groups is 1. The second-order valence-electron chi connectivity index (χ2n) is 4.25. The molecule has 0 aromatic heterocycles. The average molecular weight is 310 g/mol. The van der Waals surface area contributed by atoms with E-state index in [1.807, 2.05) is 0 Å². The Hall–Kier alpha value is -1.56. The number of benzene rings is 1. The van der Waals surface area contributed by atoms with Crippen LogP contribution in [0.1, 0.15) is 12.8 Å². The van der Waals surface area contributed by atoms with E-state index in [1.165, 1.54) is 23.9 Å². The maximum atomic E-state index is 12.0. The first-order valence-corrected chi connectivity index (χ1v) is 8.66. The first kappa shape index (κ1) is 14.8. The fourth-order valence-electron chi connectivity index (χ4n) is 1.48.